The second kappa shape index (κ2) is 8.15. The molecule has 139 valence electrons. The lowest BCUT2D eigenvalue weighted by atomic mass is 9.85. The average molecular weight is 369 g/mol. The maximum atomic E-state index is 12.2. The number of carbonyl (C=O) groups is 2. The smallest absolute Gasteiger partial charge is 0.349 e. The first kappa shape index (κ1) is 19.7. The minimum Gasteiger partial charge on any atom is -0.355 e. The van der Waals surface area contributed by atoms with Crippen molar-refractivity contribution in [2.75, 3.05) is 13.1 Å². The molecule has 2 amide bonds. The summed E-state index contributed by atoms with van der Waals surface area (Å²) in [5, 5.41) is 10.8. The van der Waals surface area contributed by atoms with Crippen molar-refractivity contribution in [3.63, 3.8) is 0 Å². The van der Waals surface area contributed by atoms with E-state index in [9.17, 15) is 23.3 Å². The van der Waals surface area contributed by atoms with Gasteiger partial charge in [0.15, 0.2) is 0 Å². The van der Waals surface area contributed by atoms with Crippen molar-refractivity contribution in [2.45, 2.75) is 56.9 Å². The topological polar surface area (TPSA) is 133 Å². The minimum absolute atomic E-state index is 0.0261. The zero-order chi connectivity index (χ0) is 18.5. The predicted molar refractivity (Wildman–Crippen MR) is 91.3 cm³/mol. The molecule has 0 aromatic heterocycles. The van der Waals surface area contributed by atoms with Gasteiger partial charge in [-0.1, -0.05) is 32.1 Å². The molecule has 0 aromatic rings. The number of hydrogen-bond donors (Lipinski definition) is 2. The van der Waals surface area contributed by atoms with Crippen LogP contribution in [-0.2, 0) is 14.8 Å². The Balaban J connectivity index is 1.86. The Labute approximate surface area is 148 Å². The fourth-order valence-corrected chi connectivity index (χ4v) is 4.40. The van der Waals surface area contributed by atoms with Crippen LogP contribution in [0.25, 0.3) is 0 Å². The average Bonchev–Trinajstić information content (AvgIpc) is 2.61. The lowest BCUT2D eigenvalue weighted by Crippen LogP contribution is -2.56. The van der Waals surface area contributed by atoms with Crippen molar-refractivity contribution in [1.82, 2.24) is 9.62 Å². The van der Waals surface area contributed by atoms with Crippen LogP contribution in [0.4, 0.5) is 4.79 Å². The fraction of sp³-hybridized carbons (Fsp3) is 0.750. The molecule has 25 heavy (non-hydrogen) atoms. The van der Waals surface area contributed by atoms with Gasteiger partial charge in [0.05, 0.1) is 6.07 Å². The minimum atomic E-state index is -4.17. The summed E-state index contributed by atoms with van der Waals surface area (Å²) in [6.45, 7) is -0.0521. The first-order valence-corrected chi connectivity index (χ1v) is 10.1. The Morgan fingerprint density at radius 3 is 2.36 bits per heavy atom. The van der Waals surface area contributed by atoms with E-state index in [1.54, 1.807) is 6.42 Å². The van der Waals surface area contributed by atoms with Gasteiger partial charge < -0.3 is 11.1 Å². The number of hydrogen-bond acceptors (Lipinski definition) is 5. The molecule has 9 heteroatoms. The molecule has 1 saturated heterocycles. The fourth-order valence-electron chi connectivity index (χ4n) is 3.48. The van der Waals surface area contributed by atoms with E-state index in [1.807, 2.05) is 0 Å². The van der Waals surface area contributed by atoms with Gasteiger partial charge in [-0.2, -0.15) is 9.57 Å². The van der Waals surface area contributed by atoms with Crippen molar-refractivity contribution in [3.8, 4) is 6.07 Å². The van der Waals surface area contributed by atoms with E-state index in [0.29, 0.717) is 12.3 Å². The van der Waals surface area contributed by atoms with Gasteiger partial charge in [-0.3, -0.25) is 9.59 Å². The summed E-state index contributed by atoms with van der Waals surface area (Å²) in [6.07, 6.45) is 8.47. The SMILES string of the molecule is N#CC1(NC(=O)[CH]CC2CCCCC2)CCN(S(=O)(=O)C(N)=O)CC1. The molecule has 0 spiro atoms. The highest BCUT2D eigenvalue weighted by Crippen LogP contribution is 2.28. The molecule has 8 nitrogen and oxygen atoms in total. The molecule has 1 radical (unpaired) electrons. The van der Waals surface area contributed by atoms with Crippen molar-refractivity contribution in [1.29, 1.82) is 5.26 Å². The molecule has 2 aliphatic rings. The largest absolute Gasteiger partial charge is 0.355 e. The summed E-state index contributed by atoms with van der Waals surface area (Å²) in [7, 11) is -4.17. The normalized spacial score (nSPS) is 22.0. The van der Waals surface area contributed by atoms with E-state index >= 15 is 0 Å². The molecule has 3 N–H and O–H groups in total. The summed E-state index contributed by atoms with van der Waals surface area (Å²) in [6, 6.07) is 2.10. The zero-order valence-electron chi connectivity index (χ0n) is 14.2. The van der Waals surface area contributed by atoms with Crippen LogP contribution >= 0.6 is 0 Å². The van der Waals surface area contributed by atoms with E-state index in [-0.39, 0.29) is 31.8 Å². The molecular formula is C16H25N4O4S. The number of rotatable bonds is 5. The molecule has 1 aliphatic heterocycles. The van der Waals surface area contributed by atoms with E-state index < -0.39 is 20.8 Å². The lowest BCUT2D eigenvalue weighted by molar-refractivity contribution is -0.119. The summed E-state index contributed by atoms with van der Waals surface area (Å²) in [5.41, 5.74) is 3.78. The van der Waals surface area contributed by atoms with E-state index in [0.717, 1.165) is 17.1 Å². The van der Waals surface area contributed by atoms with Gasteiger partial charge >= 0.3 is 5.24 Å². The molecular weight excluding hydrogens is 344 g/mol. The molecule has 0 aromatic carbocycles. The van der Waals surface area contributed by atoms with Gasteiger partial charge in [-0.15, -0.1) is 0 Å². The molecule has 1 heterocycles. The Hall–Kier alpha value is -1.66. The Bertz CT molecular complexity index is 642. The van der Waals surface area contributed by atoms with Crippen molar-refractivity contribution < 1.29 is 18.0 Å². The Morgan fingerprint density at radius 2 is 1.84 bits per heavy atom. The standard InChI is InChI=1S/C16H25N4O4S/c17-12-16(8-10-20(11-9-16)25(23,24)15(18)22)19-14(21)7-6-13-4-2-1-3-5-13/h7,13H,1-6,8-11H2,(H2,18,22)(H,19,21). The van der Waals surface area contributed by atoms with Crippen molar-refractivity contribution in [2.24, 2.45) is 11.7 Å². The second-order valence-electron chi connectivity index (χ2n) is 6.85. The molecule has 1 aliphatic carbocycles. The van der Waals surface area contributed by atoms with Gasteiger partial charge in [-0.25, -0.2) is 8.42 Å². The van der Waals surface area contributed by atoms with Crippen LogP contribution in [0.15, 0.2) is 0 Å². The summed E-state index contributed by atoms with van der Waals surface area (Å²) in [5.74, 6) is 0.235. The van der Waals surface area contributed by atoms with E-state index in [2.05, 4.69) is 11.4 Å². The van der Waals surface area contributed by atoms with Crippen LogP contribution in [0, 0.1) is 23.7 Å². The van der Waals surface area contributed by atoms with Crippen LogP contribution < -0.4 is 11.1 Å². The molecule has 0 unspecified atom stereocenters. The number of sulfonamides is 1. The maximum Gasteiger partial charge on any atom is 0.349 e. The molecule has 2 fully saturated rings. The first-order chi connectivity index (χ1) is 11.8. The highest BCUT2D eigenvalue weighted by molar-refractivity contribution is 8.03. The second-order valence-corrected chi connectivity index (χ2v) is 8.72. The van der Waals surface area contributed by atoms with Gasteiger partial charge in [0.1, 0.15) is 5.54 Å². The summed E-state index contributed by atoms with van der Waals surface area (Å²) < 4.78 is 24.5. The monoisotopic (exact) mass is 369 g/mol. The Morgan fingerprint density at radius 1 is 1.24 bits per heavy atom. The summed E-state index contributed by atoms with van der Waals surface area (Å²) >= 11 is 0. The zero-order valence-corrected chi connectivity index (χ0v) is 15.1. The quantitative estimate of drug-likeness (QED) is 0.747. The van der Waals surface area contributed by atoms with Crippen LogP contribution in [0.2, 0.25) is 0 Å². The maximum absolute atomic E-state index is 12.2. The van der Waals surface area contributed by atoms with Gasteiger partial charge in [0, 0.05) is 19.5 Å². The van der Waals surface area contributed by atoms with E-state index in [4.69, 9.17) is 5.73 Å². The third kappa shape index (κ3) is 4.92. The lowest BCUT2D eigenvalue weighted by Gasteiger charge is -2.36. The number of nitrogens with zero attached hydrogens (tertiary/aromatic N) is 2. The van der Waals surface area contributed by atoms with Crippen molar-refractivity contribution in [3.05, 3.63) is 6.42 Å². The van der Waals surface area contributed by atoms with Crippen molar-refractivity contribution >= 4 is 21.2 Å². The predicted octanol–water partition coefficient (Wildman–Crippen LogP) is 1.04. The number of primary amides is 1. The van der Waals surface area contributed by atoms with Crippen LogP contribution in [0.3, 0.4) is 0 Å². The number of nitriles is 1. The number of nitrogens with one attached hydrogen (secondary N) is 1. The molecule has 0 bridgehead atoms. The number of amides is 2. The third-order valence-electron chi connectivity index (χ3n) is 5.11. The Kier molecular flexibility index (Phi) is 6.41. The van der Waals surface area contributed by atoms with Crippen LogP contribution in [0.1, 0.15) is 51.4 Å². The van der Waals surface area contributed by atoms with E-state index in [1.165, 1.54) is 19.3 Å². The highest BCUT2D eigenvalue weighted by Gasteiger charge is 2.41. The molecule has 1 saturated carbocycles. The van der Waals surface area contributed by atoms with Gasteiger partial charge in [-0.05, 0) is 25.2 Å². The number of nitrogens with two attached hydrogens (primary N) is 1. The number of piperidine rings is 1. The van der Waals surface area contributed by atoms with Crippen LogP contribution in [-0.4, -0.2) is 42.5 Å². The van der Waals surface area contributed by atoms with Gasteiger partial charge in [0.2, 0.25) is 5.91 Å². The van der Waals surface area contributed by atoms with Gasteiger partial charge in [0.25, 0.3) is 10.0 Å². The molecule has 2 rings (SSSR count). The summed E-state index contributed by atoms with van der Waals surface area (Å²) in [4.78, 5) is 23.2. The van der Waals surface area contributed by atoms with Crippen LogP contribution in [0.5, 0.6) is 0 Å². The molecule has 0 atom stereocenters. The first-order valence-electron chi connectivity index (χ1n) is 8.65. The highest BCUT2D eigenvalue weighted by atomic mass is 32.2. The third-order valence-corrected chi connectivity index (χ3v) is 6.66. The number of carbonyl (C=O) groups excluding carboxylic acids is 2.